The second kappa shape index (κ2) is 5.53. The van der Waals surface area contributed by atoms with Crippen molar-refractivity contribution in [2.75, 3.05) is 0 Å². The summed E-state index contributed by atoms with van der Waals surface area (Å²) >= 11 is 0. The van der Waals surface area contributed by atoms with E-state index in [0.717, 1.165) is 17.7 Å². The van der Waals surface area contributed by atoms with Gasteiger partial charge in [0.15, 0.2) is 5.76 Å². The Morgan fingerprint density at radius 1 is 1.04 bits per heavy atom. The highest BCUT2D eigenvalue weighted by Crippen LogP contribution is 2.33. The average molecular weight is 321 g/mol. The van der Waals surface area contributed by atoms with E-state index < -0.39 is 17.6 Å². The van der Waals surface area contributed by atoms with E-state index in [9.17, 15) is 17.6 Å². The molecule has 0 N–H and O–H groups in total. The molecule has 0 radical (unpaired) electrons. The van der Waals surface area contributed by atoms with Crippen molar-refractivity contribution in [1.29, 1.82) is 0 Å². The maximum Gasteiger partial charge on any atom is 0.416 e. The molecule has 1 aromatic heterocycles. The number of nitrogens with zero attached hydrogens (tertiary/aromatic N) is 1. The van der Waals surface area contributed by atoms with E-state index in [0.29, 0.717) is 0 Å². The molecular formula is C17H11F4NO. The highest BCUT2D eigenvalue weighted by atomic mass is 19.4. The van der Waals surface area contributed by atoms with Gasteiger partial charge >= 0.3 is 6.18 Å². The summed E-state index contributed by atoms with van der Waals surface area (Å²) in [5.74, 6) is -0.312. The van der Waals surface area contributed by atoms with Gasteiger partial charge in [-0.05, 0) is 37.3 Å². The van der Waals surface area contributed by atoms with Crippen LogP contribution < -0.4 is 0 Å². The monoisotopic (exact) mass is 321 g/mol. The summed E-state index contributed by atoms with van der Waals surface area (Å²) in [6, 6.07) is 9.15. The zero-order valence-electron chi connectivity index (χ0n) is 12.0. The number of rotatable bonds is 2. The van der Waals surface area contributed by atoms with Crippen molar-refractivity contribution in [2.24, 2.45) is 0 Å². The standard InChI is InChI=1S/C17H11F4NO/c1-10-5-6-14(18)13(7-10)15-9-22-16(23-15)11-3-2-4-12(8-11)17(19,20)21/h2-9H,1H3. The van der Waals surface area contributed by atoms with Gasteiger partial charge in [-0.2, -0.15) is 13.2 Å². The molecule has 0 aliphatic heterocycles. The van der Waals surface area contributed by atoms with Gasteiger partial charge in [0, 0.05) is 5.56 Å². The molecule has 0 amide bonds. The van der Waals surface area contributed by atoms with Gasteiger partial charge in [-0.25, -0.2) is 9.37 Å². The molecule has 118 valence electrons. The Morgan fingerprint density at radius 3 is 2.57 bits per heavy atom. The summed E-state index contributed by atoms with van der Waals surface area (Å²) in [5, 5.41) is 0. The Hall–Kier alpha value is -2.63. The van der Waals surface area contributed by atoms with Crippen molar-refractivity contribution < 1.29 is 22.0 Å². The molecule has 3 aromatic rings. The van der Waals surface area contributed by atoms with Crippen LogP contribution in [0, 0.1) is 12.7 Å². The third-order valence-corrected chi connectivity index (χ3v) is 3.33. The summed E-state index contributed by atoms with van der Waals surface area (Å²) in [7, 11) is 0. The van der Waals surface area contributed by atoms with Crippen LogP contribution in [0.4, 0.5) is 17.6 Å². The number of hydrogen-bond acceptors (Lipinski definition) is 2. The molecule has 0 saturated heterocycles. The van der Waals surface area contributed by atoms with Gasteiger partial charge in [-0.15, -0.1) is 0 Å². The second-order valence-electron chi connectivity index (χ2n) is 5.09. The minimum Gasteiger partial charge on any atom is -0.436 e. The number of benzene rings is 2. The predicted molar refractivity (Wildman–Crippen MR) is 77.1 cm³/mol. The van der Waals surface area contributed by atoms with E-state index in [1.54, 1.807) is 19.1 Å². The van der Waals surface area contributed by atoms with Gasteiger partial charge in [-0.3, -0.25) is 0 Å². The van der Waals surface area contributed by atoms with Gasteiger partial charge in [0.2, 0.25) is 5.89 Å². The first-order valence-electron chi connectivity index (χ1n) is 6.74. The summed E-state index contributed by atoms with van der Waals surface area (Å²) in [6.45, 7) is 1.80. The predicted octanol–water partition coefficient (Wildman–Crippen LogP) is 5.47. The third-order valence-electron chi connectivity index (χ3n) is 3.33. The minimum atomic E-state index is -4.45. The maximum absolute atomic E-state index is 13.9. The average Bonchev–Trinajstić information content (AvgIpc) is 2.99. The fourth-order valence-corrected chi connectivity index (χ4v) is 2.19. The van der Waals surface area contributed by atoms with Gasteiger partial charge in [0.1, 0.15) is 5.82 Å². The van der Waals surface area contributed by atoms with Crippen molar-refractivity contribution >= 4 is 0 Å². The first-order chi connectivity index (χ1) is 10.8. The van der Waals surface area contributed by atoms with E-state index >= 15 is 0 Å². The van der Waals surface area contributed by atoms with E-state index in [1.165, 1.54) is 24.4 Å². The van der Waals surface area contributed by atoms with Crippen LogP contribution in [-0.2, 0) is 6.18 Å². The molecule has 1 heterocycles. The van der Waals surface area contributed by atoms with E-state index in [4.69, 9.17) is 4.42 Å². The van der Waals surface area contributed by atoms with Gasteiger partial charge in [-0.1, -0.05) is 17.7 Å². The Bertz CT molecular complexity index is 852. The second-order valence-corrected chi connectivity index (χ2v) is 5.09. The lowest BCUT2D eigenvalue weighted by molar-refractivity contribution is -0.137. The van der Waals surface area contributed by atoms with Crippen molar-refractivity contribution in [3.05, 3.63) is 65.6 Å². The topological polar surface area (TPSA) is 26.0 Å². The molecule has 2 aromatic carbocycles. The first kappa shape index (κ1) is 15.3. The lowest BCUT2D eigenvalue weighted by Crippen LogP contribution is -2.04. The van der Waals surface area contributed by atoms with Crippen LogP contribution in [0.1, 0.15) is 11.1 Å². The highest BCUT2D eigenvalue weighted by Gasteiger charge is 2.30. The zero-order chi connectivity index (χ0) is 16.6. The lowest BCUT2D eigenvalue weighted by Gasteiger charge is -2.07. The molecule has 0 aliphatic carbocycles. The molecular weight excluding hydrogens is 310 g/mol. The van der Waals surface area contributed by atoms with Crippen LogP contribution in [-0.4, -0.2) is 4.98 Å². The van der Waals surface area contributed by atoms with E-state index in [-0.39, 0.29) is 22.8 Å². The number of aryl methyl sites for hydroxylation is 1. The molecule has 23 heavy (non-hydrogen) atoms. The van der Waals surface area contributed by atoms with Crippen molar-refractivity contribution in [3.63, 3.8) is 0 Å². The van der Waals surface area contributed by atoms with Gasteiger partial charge in [0.05, 0.1) is 17.3 Å². The Morgan fingerprint density at radius 2 is 1.83 bits per heavy atom. The fraction of sp³-hybridized carbons (Fsp3) is 0.118. The smallest absolute Gasteiger partial charge is 0.416 e. The molecule has 0 unspecified atom stereocenters. The van der Waals surface area contributed by atoms with Crippen LogP contribution in [0.5, 0.6) is 0 Å². The molecule has 0 atom stereocenters. The number of halogens is 4. The third kappa shape index (κ3) is 3.11. The summed E-state index contributed by atoms with van der Waals surface area (Å²) in [6.07, 6.45) is -3.15. The Balaban J connectivity index is 2.01. The molecule has 0 spiro atoms. The minimum absolute atomic E-state index is 0.00649. The first-order valence-corrected chi connectivity index (χ1v) is 6.74. The van der Waals surface area contributed by atoms with E-state index in [1.807, 2.05) is 0 Å². The highest BCUT2D eigenvalue weighted by molar-refractivity contribution is 5.62. The molecule has 0 bridgehead atoms. The molecule has 0 saturated carbocycles. The van der Waals surface area contributed by atoms with Gasteiger partial charge in [0.25, 0.3) is 0 Å². The van der Waals surface area contributed by atoms with E-state index in [2.05, 4.69) is 4.98 Å². The molecule has 2 nitrogen and oxygen atoms in total. The number of hydrogen-bond donors (Lipinski definition) is 0. The summed E-state index contributed by atoms with van der Waals surface area (Å²) < 4.78 is 57.5. The number of alkyl halides is 3. The summed E-state index contributed by atoms with van der Waals surface area (Å²) in [4.78, 5) is 3.96. The van der Waals surface area contributed by atoms with Crippen LogP contribution in [0.2, 0.25) is 0 Å². The van der Waals surface area contributed by atoms with Crippen molar-refractivity contribution in [2.45, 2.75) is 13.1 Å². The largest absolute Gasteiger partial charge is 0.436 e. The fourth-order valence-electron chi connectivity index (χ4n) is 2.19. The Kier molecular flexibility index (Phi) is 3.67. The normalized spacial score (nSPS) is 11.7. The number of oxazole rings is 1. The molecule has 3 rings (SSSR count). The number of aromatic nitrogens is 1. The quantitative estimate of drug-likeness (QED) is 0.585. The van der Waals surface area contributed by atoms with Crippen molar-refractivity contribution in [3.8, 4) is 22.8 Å². The molecule has 0 fully saturated rings. The van der Waals surface area contributed by atoms with Crippen LogP contribution in [0.15, 0.2) is 53.1 Å². The lowest BCUT2D eigenvalue weighted by atomic mass is 10.1. The van der Waals surface area contributed by atoms with Crippen molar-refractivity contribution in [1.82, 2.24) is 4.98 Å². The van der Waals surface area contributed by atoms with Gasteiger partial charge < -0.3 is 4.42 Å². The van der Waals surface area contributed by atoms with Crippen LogP contribution in [0.3, 0.4) is 0 Å². The Labute approximate surface area is 129 Å². The summed E-state index contributed by atoms with van der Waals surface area (Å²) in [5.41, 5.74) is 0.435. The molecule has 6 heteroatoms. The SMILES string of the molecule is Cc1ccc(F)c(-c2cnc(-c3cccc(C(F)(F)F)c3)o2)c1. The molecule has 0 aliphatic rings. The van der Waals surface area contributed by atoms with Crippen LogP contribution >= 0.6 is 0 Å². The maximum atomic E-state index is 13.9. The zero-order valence-corrected chi connectivity index (χ0v) is 12.0. The van der Waals surface area contributed by atoms with Crippen LogP contribution in [0.25, 0.3) is 22.8 Å².